The van der Waals surface area contributed by atoms with Crippen LogP contribution in [-0.2, 0) is 14.3 Å². The van der Waals surface area contributed by atoms with Crippen molar-refractivity contribution in [2.75, 3.05) is 13.2 Å². The fourth-order valence-electron chi connectivity index (χ4n) is 4.73. The van der Waals surface area contributed by atoms with Gasteiger partial charge in [-0.15, -0.1) is 0 Å². The summed E-state index contributed by atoms with van der Waals surface area (Å²) in [4.78, 5) is 10.7. The maximum absolute atomic E-state index is 10.7. The number of carbonyl (C=O) groups is 1. The number of carbonyl (C=O) groups excluding carboxylic acids is 1. The van der Waals surface area contributed by atoms with E-state index in [-0.39, 0.29) is 5.97 Å². The lowest BCUT2D eigenvalue weighted by atomic mass is 9.56. The molecule has 0 heterocycles. The van der Waals surface area contributed by atoms with Crippen LogP contribution < -0.4 is 0 Å². The Morgan fingerprint density at radius 1 is 1.33 bits per heavy atom. The second-order valence-corrected chi connectivity index (χ2v) is 6.45. The molecule has 4 rings (SSSR count). The standard InChI is InChI=1S/C15H22O3/c1-9(16)17-7-8-18-14-12-10-5-4-6-11(10)13(14)15(12,2)3/h4-5,10-14H,6-8H2,1-3H3. The lowest BCUT2D eigenvalue weighted by Crippen LogP contribution is -2.54. The Morgan fingerprint density at radius 3 is 2.78 bits per heavy atom. The van der Waals surface area contributed by atoms with E-state index in [1.807, 2.05) is 0 Å². The van der Waals surface area contributed by atoms with Crippen molar-refractivity contribution in [1.82, 2.24) is 0 Å². The van der Waals surface area contributed by atoms with Gasteiger partial charge in [0.1, 0.15) is 6.61 Å². The molecule has 0 saturated heterocycles. The van der Waals surface area contributed by atoms with Gasteiger partial charge in [-0.3, -0.25) is 4.79 Å². The fourth-order valence-corrected chi connectivity index (χ4v) is 4.73. The van der Waals surface area contributed by atoms with Crippen LogP contribution in [0.2, 0.25) is 0 Å². The van der Waals surface area contributed by atoms with Crippen molar-refractivity contribution in [3.05, 3.63) is 12.2 Å². The summed E-state index contributed by atoms with van der Waals surface area (Å²) in [6.07, 6.45) is 6.33. The minimum Gasteiger partial charge on any atom is -0.463 e. The van der Waals surface area contributed by atoms with Crippen LogP contribution in [0.25, 0.3) is 0 Å². The average molecular weight is 250 g/mol. The van der Waals surface area contributed by atoms with E-state index in [0.717, 1.165) is 11.8 Å². The zero-order valence-electron chi connectivity index (χ0n) is 11.4. The molecule has 3 fully saturated rings. The van der Waals surface area contributed by atoms with Gasteiger partial charge in [-0.1, -0.05) is 26.0 Å². The molecule has 0 amide bonds. The van der Waals surface area contributed by atoms with Crippen molar-refractivity contribution < 1.29 is 14.3 Å². The lowest BCUT2D eigenvalue weighted by molar-refractivity contribution is -0.165. The molecule has 4 aliphatic rings. The molecule has 2 bridgehead atoms. The van der Waals surface area contributed by atoms with E-state index in [1.54, 1.807) is 0 Å². The van der Waals surface area contributed by atoms with Crippen molar-refractivity contribution in [1.29, 1.82) is 0 Å². The van der Waals surface area contributed by atoms with Gasteiger partial charge in [-0.05, 0) is 35.5 Å². The first kappa shape index (κ1) is 12.2. The molecule has 0 aromatic carbocycles. The average Bonchev–Trinajstić information content (AvgIpc) is 2.86. The third-order valence-electron chi connectivity index (χ3n) is 5.26. The van der Waals surface area contributed by atoms with Gasteiger partial charge in [0.2, 0.25) is 0 Å². The molecule has 0 N–H and O–H groups in total. The Labute approximate surface area is 109 Å². The largest absolute Gasteiger partial charge is 0.463 e. The molecule has 5 atom stereocenters. The second kappa shape index (κ2) is 4.09. The quantitative estimate of drug-likeness (QED) is 0.436. The molecular formula is C15H22O3. The van der Waals surface area contributed by atoms with Gasteiger partial charge in [0.25, 0.3) is 0 Å². The summed E-state index contributed by atoms with van der Waals surface area (Å²) in [6, 6.07) is 0. The maximum atomic E-state index is 10.7. The summed E-state index contributed by atoms with van der Waals surface area (Å²) in [5.41, 5.74) is 0.423. The zero-order valence-corrected chi connectivity index (χ0v) is 11.4. The number of hydrogen-bond donors (Lipinski definition) is 0. The van der Waals surface area contributed by atoms with E-state index < -0.39 is 0 Å². The first-order valence-electron chi connectivity index (χ1n) is 6.95. The van der Waals surface area contributed by atoms with Gasteiger partial charge in [-0.2, -0.15) is 0 Å². The molecule has 0 aromatic rings. The molecule has 3 heteroatoms. The number of rotatable bonds is 4. The SMILES string of the molecule is CC(=O)OCCOC1C2C3C=CCC3C1C2(C)C. The third-order valence-corrected chi connectivity index (χ3v) is 5.26. The van der Waals surface area contributed by atoms with Crippen LogP contribution in [0.4, 0.5) is 0 Å². The topological polar surface area (TPSA) is 35.5 Å². The summed E-state index contributed by atoms with van der Waals surface area (Å²) >= 11 is 0. The van der Waals surface area contributed by atoms with Gasteiger partial charge >= 0.3 is 5.97 Å². The van der Waals surface area contributed by atoms with Crippen LogP contribution in [0.1, 0.15) is 27.2 Å². The summed E-state index contributed by atoms with van der Waals surface area (Å²) in [7, 11) is 0. The van der Waals surface area contributed by atoms with E-state index in [9.17, 15) is 4.79 Å². The Hall–Kier alpha value is -0.830. The number of allylic oxidation sites excluding steroid dienone is 2. The van der Waals surface area contributed by atoms with E-state index >= 15 is 0 Å². The van der Waals surface area contributed by atoms with Gasteiger partial charge in [0.05, 0.1) is 12.7 Å². The zero-order chi connectivity index (χ0) is 12.9. The van der Waals surface area contributed by atoms with Gasteiger partial charge in [-0.25, -0.2) is 0 Å². The van der Waals surface area contributed by atoms with Crippen molar-refractivity contribution >= 4 is 5.97 Å². The number of hydrogen-bond acceptors (Lipinski definition) is 3. The Bertz CT molecular complexity index is 385. The molecule has 100 valence electrons. The maximum Gasteiger partial charge on any atom is 0.302 e. The monoisotopic (exact) mass is 250 g/mol. The van der Waals surface area contributed by atoms with Crippen LogP contribution in [0.3, 0.4) is 0 Å². The summed E-state index contributed by atoms with van der Waals surface area (Å²) < 4.78 is 10.9. The molecule has 0 aliphatic heterocycles. The minimum absolute atomic E-state index is 0.227. The molecule has 0 radical (unpaired) electrons. The highest BCUT2D eigenvalue weighted by atomic mass is 16.6. The van der Waals surface area contributed by atoms with Crippen molar-refractivity contribution in [2.45, 2.75) is 33.3 Å². The molecule has 3 nitrogen and oxygen atoms in total. The predicted molar refractivity (Wildman–Crippen MR) is 67.9 cm³/mol. The molecule has 0 spiro atoms. The molecular weight excluding hydrogens is 228 g/mol. The smallest absolute Gasteiger partial charge is 0.302 e. The van der Waals surface area contributed by atoms with Gasteiger partial charge in [0.15, 0.2) is 0 Å². The normalized spacial score (nSPS) is 42.5. The highest BCUT2D eigenvalue weighted by Gasteiger charge is 2.70. The Kier molecular flexibility index (Phi) is 2.77. The highest BCUT2D eigenvalue weighted by Crippen LogP contribution is 2.70. The van der Waals surface area contributed by atoms with Gasteiger partial charge < -0.3 is 9.47 Å². The van der Waals surface area contributed by atoms with Crippen molar-refractivity contribution in [3.63, 3.8) is 0 Å². The first-order valence-corrected chi connectivity index (χ1v) is 6.95. The summed E-state index contributed by atoms with van der Waals surface area (Å²) in [6.45, 7) is 7.11. The van der Waals surface area contributed by atoms with E-state index in [1.165, 1.54) is 13.3 Å². The predicted octanol–water partition coefficient (Wildman–Crippen LogP) is 2.41. The minimum atomic E-state index is -0.227. The van der Waals surface area contributed by atoms with E-state index in [4.69, 9.17) is 9.47 Å². The molecule has 3 saturated carbocycles. The first-order chi connectivity index (χ1) is 8.53. The van der Waals surface area contributed by atoms with Crippen LogP contribution in [0, 0.1) is 29.1 Å². The van der Waals surface area contributed by atoms with Crippen LogP contribution in [0.5, 0.6) is 0 Å². The van der Waals surface area contributed by atoms with Crippen LogP contribution in [-0.4, -0.2) is 25.3 Å². The van der Waals surface area contributed by atoms with E-state index in [2.05, 4.69) is 26.0 Å². The lowest BCUT2D eigenvalue weighted by Gasteiger charge is -2.52. The highest BCUT2D eigenvalue weighted by molar-refractivity contribution is 5.65. The van der Waals surface area contributed by atoms with Gasteiger partial charge in [0, 0.05) is 6.92 Å². The van der Waals surface area contributed by atoms with Crippen LogP contribution >= 0.6 is 0 Å². The molecule has 0 aromatic heterocycles. The van der Waals surface area contributed by atoms with Crippen molar-refractivity contribution in [2.24, 2.45) is 29.1 Å². The Morgan fingerprint density at radius 2 is 2.11 bits per heavy atom. The molecule has 5 unspecified atom stereocenters. The summed E-state index contributed by atoms with van der Waals surface area (Å²) in [5.74, 6) is 2.63. The van der Waals surface area contributed by atoms with Crippen LogP contribution in [0.15, 0.2) is 12.2 Å². The van der Waals surface area contributed by atoms with E-state index in [0.29, 0.717) is 36.6 Å². The second-order valence-electron chi connectivity index (χ2n) is 6.45. The Balaban J connectivity index is 1.57. The van der Waals surface area contributed by atoms with Crippen molar-refractivity contribution in [3.8, 4) is 0 Å². The fraction of sp³-hybridized carbons (Fsp3) is 0.800. The third kappa shape index (κ3) is 1.56. The molecule has 18 heavy (non-hydrogen) atoms. The number of esters is 1. The number of ether oxygens (including phenoxy) is 2. The summed E-state index contributed by atoms with van der Waals surface area (Å²) in [5, 5.41) is 0. The molecule has 4 aliphatic carbocycles.